The molecule has 0 heterocycles. The summed E-state index contributed by atoms with van der Waals surface area (Å²) in [7, 11) is -3.32. The molecule has 1 aromatic carbocycles. The minimum absolute atomic E-state index is 0.163. The average Bonchev–Trinajstić information content (AvgIpc) is 3.11. The Kier molecular flexibility index (Phi) is 3.56. The molecule has 0 spiro atoms. The van der Waals surface area contributed by atoms with Gasteiger partial charge in [-0.25, -0.2) is 8.42 Å². The number of hydrogen-bond acceptors (Lipinski definition) is 4. The number of anilines is 1. The lowest BCUT2D eigenvalue weighted by atomic mass is 10.1. The predicted molar refractivity (Wildman–Crippen MR) is 70.6 cm³/mol. The third-order valence-corrected chi connectivity index (χ3v) is 4.33. The molecular weight excluding hydrogens is 252 g/mol. The summed E-state index contributed by atoms with van der Waals surface area (Å²) in [6, 6.07) is 6.88. The van der Waals surface area contributed by atoms with Crippen LogP contribution in [0.2, 0.25) is 0 Å². The van der Waals surface area contributed by atoms with Crippen LogP contribution >= 0.6 is 0 Å². The normalized spacial score (nSPS) is 16.6. The van der Waals surface area contributed by atoms with E-state index in [1.165, 1.54) is 0 Å². The Bertz CT molecular complexity index is 562. The second-order valence-corrected chi connectivity index (χ2v) is 6.32. The van der Waals surface area contributed by atoms with Crippen LogP contribution in [-0.2, 0) is 10.0 Å². The van der Waals surface area contributed by atoms with Crippen molar-refractivity contribution in [1.29, 1.82) is 0 Å². The molecule has 0 amide bonds. The van der Waals surface area contributed by atoms with E-state index in [2.05, 4.69) is 9.88 Å². The molecule has 6 heteroatoms. The third-order valence-electron chi connectivity index (χ3n) is 2.88. The fraction of sp³-hybridized carbons (Fsp3) is 0.417. The predicted octanol–water partition coefficient (Wildman–Crippen LogP) is 2.04. The van der Waals surface area contributed by atoms with Crippen molar-refractivity contribution in [2.45, 2.75) is 19.8 Å². The van der Waals surface area contributed by atoms with Crippen molar-refractivity contribution in [2.24, 2.45) is 11.1 Å². The van der Waals surface area contributed by atoms with E-state index < -0.39 is 10.0 Å². The zero-order valence-corrected chi connectivity index (χ0v) is 10.9. The molecule has 1 aliphatic rings. The van der Waals surface area contributed by atoms with Gasteiger partial charge in [-0.15, -0.1) is 0 Å². The molecule has 0 aliphatic heterocycles. The molecule has 0 aromatic heterocycles. The highest BCUT2D eigenvalue weighted by Gasteiger charge is 2.28. The summed E-state index contributed by atoms with van der Waals surface area (Å²) in [5.74, 6) is 0.457. The number of nitrogens with one attached hydrogen (secondary N) is 1. The first-order valence-electron chi connectivity index (χ1n) is 5.80. The van der Waals surface area contributed by atoms with E-state index in [9.17, 15) is 8.42 Å². The Balaban J connectivity index is 2.23. The molecule has 0 atom stereocenters. The zero-order valence-electron chi connectivity index (χ0n) is 10.1. The Labute approximate surface area is 107 Å². The van der Waals surface area contributed by atoms with Gasteiger partial charge in [-0.05, 0) is 31.7 Å². The smallest absolute Gasteiger partial charge is 0.233 e. The van der Waals surface area contributed by atoms with Crippen LogP contribution in [0.4, 0.5) is 5.69 Å². The van der Waals surface area contributed by atoms with E-state index in [1.807, 2.05) is 0 Å². The molecule has 18 heavy (non-hydrogen) atoms. The van der Waals surface area contributed by atoms with Crippen LogP contribution in [0.5, 0.6) is 0 Å². The zero-order chi connectivity index (χ0) is 13.2. The van der Waals surface area contributed by atoms with Crippen LogP contribution in [0, 0.1) is 5.92 Å². The van der Waals surface area contributed by atoms with Gasteiger partial charge in [0.2, 0.25) is 10.0 Å². The number of rotatable bonds is 5. The molecule has 0 bridgehead atoms. The lowest BCUT2D eigenvalue weighted by molar-refractivity contribution is 0.319. The van der Waals surface area contributed by atoms with Crippen LogP contribution in [0.1, 0.15) is 25.3 Å². The van der Waals surface area contributed by atoms with Gasteiger partial charge >= 0.3 is 0 Å². The maximum absolute atomic E-state index is 11.9. The highest BCUT2D eigenvalue weighted by Crippen LogP contribution is 2.31. The number of para-hydroxylation sites is 1. The van der Waals surface area contributed by atoms with E-state index in [4.69, 9.17) is 5.21 Å². The molecule has 1 aromatic rings. The SMILES string of the molecule is CC(=NO)c1ccccc1NS(=O)(=O)CC1CC1. The highest BCUT2D eigenvalue weighted by atomic mass is 32.2. The number of nitrogens with zero attached hydrogens (tertiary/aromatic N) is 1. The Morgan fingerprint density at radius 2 is 2.11 bits per heavy atom. The molecule has 0 radical (unpaired) electrons. The van der Waals surface area contributed by atoms with Crippen LogP contribution in [-0.4, -0.2) is 25.1 Å². The largest absolute Gasteiger partial charge is 0.411 e. The standard InChI is InChI=1S/C12H16N2O3S/c1-9(13-15)11-4-2-3-5-12(11)14-18(16,17)8-10-6-7-10/h2-5,10,14-15H,6-8H2,1H3. The van der Waals surface area contributed by atoms with Gasteiger partial charge in [-0.3, -0.25) is 4.72 Å². The van der Waals surface area contributed by atoms with Crippen molar-refractivity contribution < 1.29 is 13.6 Å². The fourth-order valence-electron chi connectivity index (χ4n) is 1.75. The van der Waals surface area contributed by atoms with Gasteiger partial charge in [0.25, 0.3) is 0 Å². The number of hydrogen-bond donors (Lipinski definition) is 2. The lowest BCUT2D eigenvalue weighted by Crippen LogP contribution is -2.19. The monoisotopic (exact) mass is 268 g/mol. The Morgan fingerprint density at radius 3 is 2.72 bits per heavy atom. The van der Waals surface area contributed by atoms with Gasteiger partial charge in [0.1, 0.15) is 0 Å². The molecule has 5 nitrogen and oxygen atoms in total. The van der Waals surface area contributed by atoms with Gasteiger partial charge < -0.3 is 5.21 Å². The van der Waals surface area contributed by atoms with Crippen LogP contribution in [0.3, 0.4) is 0 Å². The first-order chi connectivity index (χ1) is 8.52. The first kappa shape index (κ1) is 12.9. The molecule has 1 saturated carbocycles. The van der Waals surface area contributed by atoms with Gasteiger partial charge in [-0.1, -0.05) is 23.4 Å². The van der Waals surface area contributed by atoms with E-state index in [1.54, 1.807) is 31.2 Å². The van der Waals surface area contributed by atoms with E-state index in [0.717, 1.165) is 12.8 Å². The first-order valence-corrected chi connectivity index (χ1v) is 7.45. The summed E-state index contributed by atoms with van der Waals surface area (Å²) in [6.07, 6.45) is 1.97. The maximum atomic E-state index is 11.9. The van der Waals surface area contributed by atoms with E-state index in [-0.39, 0.29) is 5.75 Å². The van der Waals surface area contributed by atoms with Gasteiger partial charge in [0, 0.05) is 5.56 Å². The van der Waals surface area contributed by atoms with Crippen LogP contribution in [0.25, 0.3) is 0 Å². The van der Waals surface area contributed by atoms with Crippen molar-refractivity contribution in [3.05, 3.63) is 29.8 Å². The van der Waals surface area contributed by atoms with Crippen molar-refractivity contribution >= 4 is 21.4 Å². The number of sulfonamides is 1. The lowest BCUT2D eigenvalue weighted by Gasteiger charge is -2.11. The molecular formula is C12H16N2O3S. The molecule has 0 saturated heterocycles. The summed E-state index contributed by atoms with van der Waals surface area (Å²) in [5.41, 5.74) is 1.41. The van der Waals surface area contributed by atoms with Gasteiger partial charge in [-0.2, -0.15) is 0 Å². The van der Waals surface area contributed by atoms with Gasteiger partial charge in [0.15, 0.2) is 0 Å². The topological polar surface area (TPSA) is 78.8 Å². The molecule has 1 aliphatic carbocycles. The second kappa shape index (κ2) is 4.97. The van der Waals surface area contributed by atoms with Crippen molar-refractivity contribution in [3.8, 4) is 0 Å². The molecule has 2 rings (SSSR count). The summed E-state index contributed by atoms with van der Waals surface area (Å²) >= 11 is 0. The maximum Gasteiger partial charge on any atom is 0.233 e. The fourth-order valence-corrected chi connectivity index (χ4v) is 3.30. The molecule has 98 valence electrons. The second-order valence-electron chi connectivity index (χ2n) is 4.56. The average molecular weight is 268 g/mol. The Hall–Kier alpha value is -1.56. The van der Waals surface area contributed by atoms with Crippen LogP contribution in [0.15, 0.2) is 29.4 Å². The summed E-state index contributed by atoms with van der Waals surface area (Å²) in [5, 5.41) is 11.9. The highest BCUT2D eigenvalue weighted by molar-refractivity contribution is 7.92. The molecule has 1 fully saturated rings. The molecule has 2 N–H and O–H groups in total. The van der Waals surface area contributed by atoms with E-state index in [0.29, 0.717) is 22.9 Å². The van der Waals surface area contributed by atoms with Crippen molar-refractivity contribution in [1.82, 2.24) is 0 Å². The van der Waals surface area contributed by atoms with Crippen LogP contribution < -0.4 is 4.72 Å². The number of oxime groups is 1. The Morgan fingerprint density at radius 1 is 1.44 bits per heavy atom. The summed E-state index contributed by atoms with van der Waals surface area (Å²) in [4.78, 5) is 0. The minimum atomic E-state index is -3.32. The number of benzene rings is 1. The third kappa shape index (κ3) is 3.22. The van der Waals surface area contributed by atoms with Crippen molar-refractivity contribution in [2.75, 3.05) is 10.5 Å². The van der Waals surface area contributed by atoms with E-state index >= 15 is 0 Å². The summed E-state index contributed by atoms with van der Waals surface area (Å²) in [6.45, 7) is 1.62. The van der Waals surface area contributed by atoms with Crippen molar-refractivity contribution in [3.63, 3.8) is 0 Å². The molecule has 0 unspecified atom stereocenters. The quantitative estimate of drug-likeness (QED) is 0.487. The van der Waals surface area contributed by atoms with Gasteiger partial charge in [0.05, 0.1) is 17.2 Å². The minimum Gasteiger partial charge on any atom is -0.411 e. The summed E-state index contributed by atoms with van der Waals surface area (Å²) < 4.78 is 26.4.